The molecule has 1 heterocycles. The third-order valence-corrected chi connectivity index (χ3v) is 2.25. The van der Waals surface area contributed by atoms with Gasteiger partial charge in [-0.05, 0) is 32.4 Å². The monoisotopic (exact) mass is 241 g/mol. The van der Waals surface area contributed by atoms with Crippen LogP contribution in [0, 0.1) is 0 Å². The van der Waals surface area contributed by atoms with Crippen LogP contribution < -0.4 is 5.73 Å². The van der Waals surface area contributed by atoms with Crippen molar-refractivity contribution in [1.29, 1.82) is 0 Å². The first-order valence-corrected chi connectivity index (χ1v) is 5.47. The number of carbonyl (C=O) groups excluding carboxylic acids is 1. The molecule has 1 rings (SSSR count). The normalized spacial score (nSPS) is 13.5. The van der Waals surface area contributed by atoms with Gasteiger partial charge in [-0.1, -0.05) is 0 Å². The highest BCUT2D eigenvalue weighted by Crippen LogP contribution is 2.14. The van der Waals surface area contributed by atoms with E-state index in [2.05, 4.69) is 20.1 Å². The molecule has 7 heteroatoms. The molecule has 0 bridgehead atoms. The Balaban J connectivity index is 2.61. The summed E-state index contributed by atoms with van der Waals surface area (Å²) in [5, 5.41) is 12.0. The van der Waals surface area contributed by atoms with Crippen molar-refractivity contribution >= 4 is 5.97 Å². The summed E-state index contributed by atoms with van der Waals surface area (Å²) in [6.07, 6.45) is 0.699. The quantitative estimate of drug-likeness (QED) is 0.765. The van der Waals surface area contributed by atoms with Crippen LogP contribution >= 0.6 is 0 Å². The fraction of sp³-hybridized carbons (Fsp3) is 0.800. The van der Waals surface area contributed by atoms with E-state index in [0.29, 0.717) is 12.2 Å². The molecule has 0 aliphatic rings. The minimum absolute atomic E-state index is 0.229. The van der Waals surface area contributed by atoms with Gasteiger partial charge in [-0.25, -0.2) is 0 Å². The number of ether oxygens (including phenoxy) is 1. The second kappa shape index (κ2) is 5.22. The first-order valence-electron chi connectivity index (χ1n) is 5.47. The Hall–Kier alpha value is -1.50. The molecular formula is C10H19N5O2. The molecule has 0 amide bonds. The second-order valence-corrected chi connectivity index (χ2v) is 4.83. The van der Waals surface area contributed by atoms with Crippen LogP contribution in [0.5, 0.6) is 0 Å². The predicted molar refractivity (Wildman–Crippen MR) is 61.0 cm³/mol. The van der Waals surface area contributed by atoms with Gasteiger partial charge in [0.2, 0.25) is 0 Å². The van der Waals surface area contributed by atoms with Crippen molar-refractivity contribution in [2.24, 2.45) is 5.73 Å². The minimum atomic E-state index is -0.398. The van der Waals surface area contributed by atoms with Crippen molar-refractivity contribution in [2.75, 3.05) is 7.11 Å². The third kappa shape index (κ3) is 3.77. The number of methoxy groups -OCH3 is 1. The maximum Gasteiger partial charge on any atom is 0.305 e. The van der Waals surface area contributed by atoms with Crippen LogP contribution in [-0.4, -0.2) is 33.3 Å². The summed E-state index contributed by atoms with van der Waals surface area (Å²) in [5.74, 6) is 0.160. The molecule has 96 valence electrons. The molecule has 1 unspecified atom stereocenters. The van der Waals surface area contributed by atoms with Crippen LogP contribution in [0.1, 0.15) is 45.5 Å². The molecule has 7 nitrogen and oxygen atoms in total. The third-order valence-electron chi connectivity index (χ3n) is 2.25. The summed E-state index contributed by atoms with van der Waals surface area (Å²) >= 11 is 0. The summed E-state index contributed by atoms with van der Waals surface area (Å²) in [4.78, 5) is 12.5. The van der Waals surface area contributed by atoms with Gasteiger partial charge in [0.05, 0.1) is 18.7 Å². The number of carbonyl (C=O) groups is 1. The lowest BCUT2D eigenvalue weighted by molar-refractivity contribution is -0.140. The summed E-state index contributed by atoms with van der Waals surface area (Å²) in [6, 6.07) is -0.398. The molecule has 0 aliphatic carbocycles. The molecular weight excluding hydrogens is 222 g/mol. The Kier molecular flexibility index (Phi) is 4.17. The zero-order chi connectivity index (χ0) is 13.1. The highest BCUT2D eigenvalue weighted by molar-refractivity contribution is 5.69. The lowest BCUT2D eigenvalue weighted by atomic mass is 10.1. The number of nitrogens with zero attached hydrogens (tertiary/aromatic N) is 4. The van der Waals surface area contributed by atoms with Gasteiger partial charge >= 0.3 is 5.97 Å². The van der Waals surface area contributed by atoms with Gasteiger partial charge in [0.25, 0.3) is 0 Å². The lowest BCUT2D eigenvalue weighted by Crippen LogP contribution is -2.25. The SMILES string of the molecule is COC(=O)CCC(N)c1nnn(C(C)(C)C)n1. The van der Waals surface area contributed by atoms with E-state index in [0.717, 1.165) is 0 Å². The van der Waals surface area contributed by atoms with Crippen molar-refractivity contribution in [3.63, 3.8) is 0 Å². The molecule has 1 aromatic heterocycles. The summed E-state index contributed by atoms with van der Waals surface area (Å²) < 4.78 is 4.54. The zero-order valence-corrected chi connectivity index (χ0v) is 10.7. The summed E-state index contributed by atoms with van der Waals surface area (Å²) in [5.41, 5.74) is 5.64. The Labute approximate surface area is 100 Å². The van der Waals surface area contributed by atoms with E-state index >= 15 is 0 Å². The lowest BCUT2D eigenvalue weighted by Gasteiger charge is -2.15. The standard InChI is InChI=1S/C10H19N5O2/c1-10(2,3)15-13-9(12-14-15)7(11)5-6-8(16)17-4/h7H,5-6,11H2,1-4H3. The topological polar surface area (TPSA) is 95.9 Å². The van der Waals surface area contributed by atoms with E-state index < -0.39 is 6.04 Å². The molecule has 0 aliphatic heterocycles. The number of esters is 1. The second-order valence-electron chi connectivity index (χ2n) is 4.83. The average Bonchev–Trinajstić information content (AvgIpc) is 2.74. The Morgan fingerprint density at radius 2 is 2.18 bits per heavy atom. The van der Waals surface area contributed by atoms with Crippen LogP contribution in [0.4, 0.5) is 0 Å². The molecule has 0 radical (unpaired) electrons. The van der Waals surface area contributed by atoms with E-state index in [9.17, 15) is 4.79 Å². The van der Waals surface area contributed by atoms with E-state index in [1.807, 2.05) is 20.8 Å². The highest BCUT2D eigenvalue weighted by Gasteiger charge is 2.20. The molecule has 0 saturated heterocycles. The predicted octanol–water partition coefficient (Wildman–Crippen LogP) is 0.381. The van der Waals surface area contributed by atoms with Crippen LogP contribution in [0.15, 0.2) is 0 Å². The molecule has 0 saturated carbocycles. The van der Waals surface area contributed by atoms with Gasteiger partial charge in [-0.15, -0.1) is 10.2 Å². The number of rotatable bonds is 4. The van der Waals surface area contributed by atoms with Crippen molar-refractivity contribution in [3.05, 3.63) is 5.82 Å². The summed E-state index contributed by atoms with van der Waals surface area (Å²) in [6.45, 7) is 5.91. The minimum Gasteiger partial charge on any atom is -0.469 e. The maximum atomic E-state index is 11.0. The molecule has 0 spiro atoms. The smallest absolute Gasteiger partial charge is 0.305 e. The number of hydrogen-bond acceptors (Lipinski definition) is 6. The van der Waals surface area contributed by atoms with Gasteiger partial charge in [0.15, 0.2) is 5.82 Å². The molecule has 17 heavy (non-hydrogen) atoms. The van der Waals surface area contributed by atoms with Crippen molar-refractivity contribution < 1.29 is 9.53 Å². The van der Waals surface area contributed by atoms with E-state index in [1.54, 1.807) is 0 Å². The number of hydrogen-bond donors (Lipinski definition) is 1. The van der Waals surface area contributed by atoms with E-state index in [4.69, 9.17) is 5.73 Å². The van der Waals surface area contributed by atoms with Gasteiger partial charge in [0.1, 0.15) is 0 Å². The Morgan fingerprint density at radius 3 is 2.65 bits per heavy atom. The van der Waals surface area contributed by atoms with Crippen molar-refractivity contribution in [1.82, 2.24) is 20.2 Å². The van der Waals surface area contributed by atoms with Crippen LogP contribution in [0.25, 0.3) is 0 Å². The summed E-state index contributed by atoms with van der Waals surface area (Å²) in [7, 11) is 1.35. The first-order chi connectivity index (χ1) is 7.84. The Bertz CT molecular complexity index is 382. The average molecular weight is 241 g/mol. The molecule has 1 atom stereocenters. The van der Waals surface area contributed by atoms with Crippen LogP contribution in [0.3, 0.4) is 0 Å². The zero-order valence-electron chi connectivity index (χ0n) is 10.7. The van der Waals surface area contributed by atoms with Crippen LogP contribution in [0.2, 0.25) is 0 Å². The van der Waals surface area contributed by atoms with Crippen molar-refractivity contribution in [3.8, 4) is 0 Å². The number of nitrogens with two attached hydrogens (primary N) is 1. The van der Waals surface area contributed by atoms with E-state index in [-0.39, 0.29) is 17.9 Å². The van der Waals surface area contributed by atoms with Crippen LogP contribution in [-0.2, 0) is 15.1 Å². The fourth-order valence-electron chi connectivity index (χ4n) is 1.16. The van der Waals surface area contributed by atoms with Gasteiger partial charge in [0, 0.05) is 6.42 Å². The molecule has 0 aromatic carbocycles. The highest BCUT2D eigenvalue weighted by atomic mass is 16.5. The largest absolute Gasteiger partial charge is 0.469 e. The first kappa shape index (κ1) is 13.6. The van der Waals surface area contributed by atoms with Gasteiger partial charge in [-0.3, -0.25) is 4.79 Å². The molecule has 2 N–H and O–H groups in total. The van der Waals surface area contributed by atoms with Crippen molar-refractivity contribution in [2.45, 2.75) is 45.2 Å². The molecule has 0 fully saturated rings. The van der Waals surface area contributed by atoms with Gasteiger partial charge in [-0.2, -0.15) is 4.80 Å². The number of tetrazole rings is 1. The maximum absolute atomic E-state index is 11.0. The number of aromatic nitrogens is 4. The van der Waals surface area contributed by atoms with E-state index in [1.165, 1.54) is 11.9 Å². The van der Waals surface area contributed by atoms with Gasteiger partial charge < -0.3 is 10.5 Å². The molecule has 1 aromatic rings. The Morgan fingerprint density at radius 1 is 1.53 bits per heavy atom. The fourth-order valence-corrected chi connectivity index (χ4v) is 1.16.